The second-order valence-corrected chi connectivity index (χ2v) is 8.39. The number of thiazole rings is 1. The van der Waals surface area contributed by atoms with Crippen LogP contribution in [0.4, 0.5) is 24.3 Å². The Morgan fingerprint density at radius 2 is 1.94 bits per heavy atom. The van der Waals surface area contributed by atoms with Gasteiger partial charge in [-0.15, -0.1) is 13.2 Å². The largest absolute Gasteiger partial charge is 0.573 e. The maximum atomic E-state index is 12.5. The van der Waals surface area contributed by atoms with E-state index in [-0.39, 0.29) is 12.3 Å². The molecule has 0 aliphatic heterocycles. The number of anilines is 2. The fraction of sp³-hybridized carbons (Fsp3) is 0.238. The average molecular weight is 508 g/mol. The molecule has 1 unspecified atom stereocenters. The predicted molar refractivity (Wildman–Crippen MR) is 123 cm³/mol. The lowest BCUT2D eigenvalue weighted by Crippen LogP contribution is -2.41. The van der Waals surface area contributed by atoms with Gasteiger partial charge in [-0.05, 0) is 30.3 Å². The summed E-state index contributed by atoms with van der Waals surface area (Å²) in [6.07, 6.45) is -5.73. The Bertz CT molecular complexity index is 1420. The number of ether oxygens (including phenoxy) is 2. The molecule has 0 radical (unpaired) electrons. The molecule has 0 spiro atoms. The molecule has 4 aromatic rings. The van der Waals surface area contributed by atoms with Crippen molar-refractivity contribution >= 4 is 55.5 Å². The maximum absolute atomic E-state index is 12.5. The molecule has 0 bridgehead atoms. The van der Waals surface area contributed by atoms with Crippen LogP contribution in [-0.4, -0.2) is 52.5 Å². The molecule has 0 aliphatic carbocycles. The van der Waals surface area contributed by atoms with Crippen molar-refractivity contribution in [2.24, 2.45) is 12.8 Å². The van der Waals surface area contributed by atoms with Gasteiger partial charge >= 0.3 is 6.36 Å². The number of imidazole rings is 1. The number of halogens is 3. The van der Waals surface area contributed by atoms with Crippen molar-refractivity contribution in [2.45, 2.75) is 12.5 Å². The minimum absolute atomic E-state index is 0.0783. The molecule has 4 N–H and O–H groups in total. The van der Waals surface area contributed by atoms with Crippen LogP contribution >= 0.6 is 11.3 Å². The van der Waals surface area contributed by atoms with Gasteiger partial charge in [-0.3, -0.25) is 9.59 Å². The van der Waals surface area contributed by atoms with Crippen LogP contribution in [0.1, 0.15) is 10.4 Å². The van der Waals surface area contributed by atoms with Crippen molar-refractivity contribution in [3.63, 3.8) is 0 Å². The molecule has 2 heterocycles. The number of aromatic nitrogens is 3. The Labute approximate surface area is 199 Å². The van der Waals surface area contributed by atoms with Gasteiger partial charge in [0.05, 0.1) is 27.8 Å². The summed E-state index contributed by atoms with van der Waals surface area (Å²) < 4.78 is 48.5. The standard InChI is InChI=1S/C21H19F3N6O4S/c1-30-14-6-3-10(18(32)26-9-15(33-2)17(25)31)7-13(14)27-19(30)29-20-28-12-5-4-11(8-16(12)35-20)34-21(22,23)24/h3-8,15H,9H2,1-2H3,(H2,25,31)(H,26,32)(H,27,28,29). The molecule has 4 rings (SSSR count). The van der Waals surface area contributed by atoms with Crippen LogP contribution in [0.15, 0.2) is 36.4 Å². The quantitative estimate of drug-likeness (QED) is 0.333. The Balaban J connectivity index is 1.53. The van der Waals surface area contributed by atoms with E-state index in [9.17, 15) is 22.8 Å². The SMILES string of the molecule is COC(CNC(=O)c1ccc2c(c1)nc(Nc1nc3ccc(OC(F)(F)F)cc3s1)n2C)C(N)=O. The minimum Gasteiger partial charge on any atom is -0.406 e. The zero-order valence-electron chi connectivity index (χ0n) is 18.3. The lowest BCUT2D eigenvalue weighted by Gasteiger charge is -2.12. The van der Waals surface area contributed by atoms with Gasteiger partial charge in [0.25, 0.3) is 5.91 Å². The number of carbonyl (C=O) groups excluding carboxylic acids is 2. The first kappa shape index (κ1) is 24.2. The van der Waals surface area contributed by atoms with E-state index in [2.05, 4.69) is 25.3 Å². The second-order valence-electron chi connectivity index (χ2n) is 7.36. The zero-order valence-corrected chi connectivity index (χ0v) is 19.2. The highest BCUT2D eigenvalue weighted by molar-refractivity contribution is 7.22. The number of benzene rings is 2. The lowest BCUT2D eigenvalue weighted by molar-refractivity contribution is -0.274. The molecule has 14 heteroatoms. The molecule has 2 amide bonds. The third kappa shape index (κ3) is 5.44. The van der Waals surface area contributed by atoms with E-state index in [0.29, 0.717) is 32.4 Å². The monoisotopic (exact) mass is 508 g/mol. The van der Waals surface area contributed by atoms with Gasteiger partial charge in [-0.2, -0.15) is 0 Å². The summed E-state index contributed by atoms with van der Waals surface area (Å²) in [6, 6.07) is 8.79. The summed E-state index contributed by atoms with van der Waals surface area (Å²) in [4.78, 5) is 32.6. The van der Waals surface area contributed by atoms with Crippen molar-refractivity contribution in [3.05, 3.63) is 42.0 Å². The van der Waals surface area contributed by atoms with Crippen LogP contribution in [0.2, 0.25) is 0 Å². The molecule has 35 heavy (non-hydrogen) atoms. The predicted octanol–water partition coefficient (Wildman–Crippen LogP) is 3.06. The zero-order chi connectivity index (χ0) is 25.3. The molecule has 0 fully saturated rings. The van der Waals surface area contributed by atoms with Crippen LogP contribution in [0, 0.1) is 0 Å². The number of hydrogen-bond donors (Lipinski definition) is 3. The summed E-state index contributed by atoms with van der Waals surface area (Å²) in [6.45, 7) is -0.0783. The number of methoxy groups -OCH3 is 1. The normalized spacial score (nSPS) is 12.6. The van der Waals surface area contributed by atoms with Gasteiger partial charge < -0.3 is 30.4 Å². The van der Waals surface area contributed by atoms with Crippen molar-refractivity contribution in [1.82, 2.24) is 19.9 Å². The van der Waals surface area contributed by atoms with E-state index >= 15 is 0 Å². The summed E-state index contributed by atoms with van der Waals surface area (Å²) in [5, 5.41) is 6.06. The van der Waals surface area contributed by atoms with Gasteiger partial charge in [0.1, 0.15) is 5.75 Å². The lowest BCUT2D eigenvalue weighted by atomic mass is 10.2. The molecule has 0 saturated carbocycles. The smallest absolute Gasteiger partial charge is 0.406 e. The Hall–Kier alpha value is -3.91. The van der Waals surface area contributed by atoms with Crippen molar-refractivity contribution in [1.29, 1.82) is 0 Å². The molecule has 0 saturated heterocycles. The van der Waals surface area contributed by atoms with Crippen molar-refractivity contribution in [3.8, 4) is 5.75 Å². The molecule has 0 aliphatic rings. The minimum atomic E-state index is -4.78. The number of alkyl halides is 3. The molecular formula is C21H19F3N6O4S. The number of hydrogen-bond acceptors (Lipinski definition) is 8. The van der Waals surface area contributed by atoms with E-state index in [1.54, 1.807) is 29.8 Å². The highest BCUT2D eigenvalue weighted by atomic mass is 32.1. The van der Waals surface area contributed by atoms with Gasteiger partial charge in [-0.1, -0.05) is 11.3 Å². The van der Waals surface area contributed by atoms with E-state index in [4.69, 9.17) is 10.5 Å². The number of carbonyl (C=O) groups is 2. The number of amides is 2. The first-order chi connectivity index (χ1) is 16.5. The van der Waals surface area contributed by atoms with Crippen LogP contribution in [0.25, 0.3) is 21.3 Å². The van der Waals surface area contributed by atoms with Crippen molar-refractivity contribution in [2.75, 3.05) is 19.0 Å². The molecule has 2 aromatic carbocycles. The van der Waals surface area contributed by atoms with E-state index in [1.807, 2.05) is 0 Å². The first-order valence-corrected chi connectivity index (χ1v) is 10.9. The van der Waals surface area contributed by atoms with Crippen molar-refractivity contribution < 1.29 is 32.2 Å². The van der Waals surface area contributed by atoms with Gasteiger partial charge in [0.15, 0.2) is 11.2 Å². The number of nitrogens with two attached hydrogens (primary N) is 1. The van der Waals surface area contributed by atoms with Gasteiger partial charge in [0, 0.05) is 25.8 Å². The van der Waals surface area contributed by atoms with Crippen LogP contribution in [-0.2, 0) is 16.6 Å². The molecule has 1 atom stereocenters. The Morgan fingerprint density at radius 1 is 1.17 bits per heavy atom. The fourth-order valence-electron chi connectivity index (χ4n) is 3.29. The number of nitrogens with zero attached hydrogens (tertiary/aromatic N) is 3. The summed E-state index contributed by atoms with van der Waals surface area (Å²) >= 11 is 1.14. The highest BCUT2D eigenvalue weighted by Gasteiger charge is 2.31. The topological polar surface area (TPSA) is 133 Å². The number of primary amides is 1. The molecule has 2 aromatic heterocycles. The third-order valence-corrected chi connectivity index (χ3v) is 5.94. The Kier molecular flexibility index (Phi) is 6.49. The van der Waals surface area contributed by atoms with Gasteiger partial charge in [-0.25, -0.2) is 9.97 Å². The van der Waals surface area contributed by atoms with Gasteiger partial charge in [0.2, 0.25) is 11.9 Å². The maximum Gasteiger partial charge on any atom is 0.573 e. The molecule has 184 valence electrons. The van der Waals surface area contributed by atoms with Crippen LogP contribution in [0.5, 0.6) is 5.75 Å². The molecule has 10 nitrogen and oxygen atoms in total. The average Bonchev–Trinajstić information content (AvgIpc) is 3.32. The van der Waals surface area contributed by atoms with Crippen LogP contribution in [0.3, 0.4) is 0 Å². The third-order valence-electron chi connectivity index (χ3n) is 5.01. The summed E-state index contributed by atoms with van der Waals surface area (Å²) in [5.74, 6) is -1.04. The first-order valence-electron chi connectivity index (χ1n) is 10.0. The number of aryl methyl sites for hydroxylation is 1. The Morgan fingerprint density at radius 3 is 2.63 bits per heavy atom. The molecular weight excluding hydrogens is 489 g/mol. The summed E-state index contributed by atoms with van der Waals surface area (Å²) in [7, 11) is 3.08. The number of rotatable bonds is 8. The fourth-order valence-corrected chi connectivity index (χ4v) is 4.18. The second kappa shape index (κ2) is 9.38. The number of fused-ring (bicyclic) bond motifs is 2. The van der Waals surface area contributed by atoms with E-state index in [1.165, 1.54) is 25.3 Å². The van der Waals surface area contributed by atoms with E-state index in [0.717, 1.165) is 16.9 Å². The summed E-state index contributed by atoms with van der Waals surface area (Å²) in [5.41, 5.74) is 7.25. The van der Waals surface area contributed by atoms with Crippen LogP contribution < -0.4 is 21.1 Å². The van der Waals surface area contributed by atoms with E-state index < -0.39 is 24.3 Å². The number of nitrogens with one attached hydrogen (secondary N) is 2. The highest BCUT2D eigenvalue weighted by Crippen LogP contribution is 2.33.